The zero-order chi connectivity index (χ0) is 14.1. The number of hydrogen-bond acceptors (Lipinski definition) is 2. The summed E-state index contributed by atoms with van der Waals surface area (Å²) in [5, 5.41) is 12.2. The minimum Gasteiger partial charge on any atom is -0.392 e. The number of anilines is 1. The normalized spacial score (nSPS) is 12.6. The Morgan fingerprint density at radius 3 is 2.68 bits per heavy atom. The lowest BCUT2D eigenvalue weighted by atomic mass is 10.1. The summed E-state index contributed by atoms with van der Waals surface area (Å²) in [6.45, 7) is 7.33. The highest BCUT2D eigenvalue weighted by atomic mass is 16.2. The van der Waals surface area contributed by atoms with Crippen LogP contribution in [0.5, 0.6) is 0 Å². The fourth-order valence-electron chi connectivity index (χ4n) is 1.87. The molecule has 2 nitrogen and oxygen atoms in total. The van der Waals surface area contributed by atoms with Crippen molar-refractivity contribution in [3.63, 3.8) is 0 Å². The molecule has 1 aromatic carbocycles. The predicted octanol–water partition coefficient (Wildman–Crippen LogP) is 4.07. The zero-order valence-electron chi connectivity index (χ0n) is 12.2. The molecule has 0 amide bonds. The van der Waals surface area contributed by atoms with E-state index in [4.69, 9.17) is 5.11 Å². The molecule has 0 saturated carbocycles. The highest BCUT2D eigenvalue weighted by Gasteiger charge is 1.94. The van der Waals surface area contributed by atoms with Crippen molar-refractivity contribution in [3.05, 3.63) is 53.1 Å². The van der Waals surface area contributed by atoms with Gasteiger partial charge in [-0.25, -0.2) is 0 Å². The third-order valence-corrected chi connectivity index (χ3v) is 3.06. The summed E-state index contributed by atoms with van der Waals surface area (Å²) in [6.07, 6.45) is 6.18. The van der Waals surface area contributed by atoms with E-state index >= 15 is 0 Å². The molecule has 0 unspecified atom stereocenters. The first-order chi connectivity index (χ1) is 9.11. The number of benzene rings is 1. The van der Waals surface area contributed by atoms with E-state index in [1.54, 1.807) is 0 Å². The Balaban J connectivity index is 2.34. The van der Waals surface area contributed by atoms with Crippen LogP contribution in [0.15, 0.2) is 47.6 Å². The second-order valence-corrected chi connectivity index (χ2v) is 5.05. The predicted molar refractivity (Wildman–Crippen MR) is 83.5 cm³/mol. The molecule has 0 aliphatic rings. The first kappa shape index (κ1) is 15.5. The van der Waals surface area contributed by atoms with Gasteiger partial charge in [-0.1, -0.05) is 35.4 Å². The topological polar surface area (TPSA) is 32.3 Å². The van der Waals surface area contributed by atoms with Crippen molar-refractivity contribution in [3.8, 4) is 0 Å². The molecule has 0 spiro atoms. The highest BCUT2D eigenvalue weighted by molar-refractivity contribution is 5.46. The van der Waals surface area contributed by atoms with Crippen LogP contribution in [0.1, 0.15) is 32.3 Å². The fourth-order valence-corrected chi connectivity index (χ4v) is 1.87. The Morgan fingerprint density at radius 2 is 2.00 bits per heavy atom. The maximum absolute atomic E-state index is 8.78. The Labute approximate surface area is 116 Å². The van der Waals surface area contributed by atoms with Gasteiger partial charge in [0.15, 0.2) is 0 Å². The van der Waals surface area contributed by atoms with Crippen LogP contribution in [-0.4, -0.2) is 18.3 Å². The highest BCUT2D eigenvalue weighted by Crippen LogP contribution is 2.11. The van der Waals surface area contributed by atoms with Gasteiger partial charge in [-0.15, -0.1) is 0 Å². The van der Waals surface area contributed by atoms with Crippen LogP contribution >= 0.6 is 0 Å². The average Bonchev–Trinajstić information content (AvgIpc) is 2.37. The third-order valence-electron chi connectivity index (χ3n) is 3.06. The SMILES string of the molecule is C/C(=C\CO)CC/C=C(\C)CNc1cccc(C)c1. The van der Waals surface area contributed by atoms with Gasteiger partial charge in [-0.2, -0.15) is 0 Å². The monoisotopic (exact) mass is 259 g/mol. The molecule has 0 aliphatic heterocycles. The molecule has 2 N–H and O–H groups in total. The number of aliphatic hydroxyl groups excluding tert-OH is 1. The van der Waals surface area contributed by atoms with E-state index in [-0.39, 0.29) is 6.61 Å². The second-order valence-electron chi connectivity index (χ2n) is 5.05. The second kappa shape index (κ2) is 8.54. The van der Waals surface area contributed by atoms with Crippen molar-refractivity contribution < 1.29 is 5.11 Å². The van der Waals surface area contributed by atoms with Gasteiger partial charge >= 0.3 is 0 Å². The molecule has 1 rings (SSSR count). The molecule has 0 fully saturated rings. The molecule has 0 atom stereocenters. The van der Waals surface area contributed by atoms with Gasteiger partial charge < -0.3 is 10.4 Å². The number of hydrogen-bond donors (Lipinski definition) is 2. The average molecular weight is 259 g/mol. The smallest absolute Gasteiger partial charge is 0.0614 e. The van der Waals surface area contributed by atoms with Gasteiger partial charge in [0.1, 0.15) is 0 Å². The lowest BCUT2D eigenvalue weighted by molar-refractivity contribution is 0.341. The van der Waals surface area contributed by atoms with Crippen LogP contribution in [0, 0.1) is 6.92 Å². The van der Waals surface area contributed by atoms with E-state index in [1.165, 1.54) is 22.4 Å². The molecule has 0 aliphatic carbocycles. The third kappa shape index (κ3) is 6.82. The molecule has 0 saturated heterocycles. The molecular weight excluding hydrogens is 234 g/mol. The largest absolute Gasteiger partial charge is 0.392 e. The fraction of sp³-hybridized carbons (Fsp3) is 0.412. The Bertz CT molecular complexity index is 446. The molecule has 0 bridgehead atoms. The minimum absolute atomic E-state index is 0.142. The quantitative estimate of drug-likeness (QED) is 0.723. The van der Waals surface area contributed by atoms with E-state index in [2.05, 4.69) is 56.4 Å². The summed E-state index contributed by atoms with van der Waals surface area (Å²) in [4.78, 5) is 0. The van der Waals surface area contributed by atoms with Gasteiger partial charge in [0.2, 0.25) is 0 Å². The van der Waals surface area contributed by atoms with Crippen LogP contribution in [0.4, 0.5) is 5.69 Å². The van der Waals surface area contributed by atoms with E-state index in [0.717, 1.165) is 19.4 Å². The number of nitrogens with one attached hydrogen (secondary N) is 1. The van der Waals surface area contributed by atoms with Crippen molar-refractivity contribution in [2.45, 2.75) is 33.6 Å². The van der Waals surface area contributed by atoms with Crippen LogP contribution in [0.2, 0.25) is 0 Å². The standard InChI is InChI=1S/C17H25NO/c1-14(10-11-19)6-4-8-16(3)13-18-17-9-5-7-15(2)12-17/h5,7-10,12,18-19H,4,6,11,13H2,1-3H3/b14-10+,16-8+. The van der Waals surface area contributed by atoms with Gasteiger partial charge in [-0.05, 0) is 51.3 Å². The molecule has 1 aromatic rings. The molecule has 0 heterocycles. The van der Waals surface area contributed by atoms with E-state index < -0.39 is 0 Å². The maximum atomic E-state index is 8.78. The van der Waals surface area contributed by atoms with Crippen molar-refractivity contribution in [1.29, 1.82) is 0 Å². The number of aryl methyl sites for hydroxylation is 1. The van der Waals surface area contributed by atoms with Crippen LogP contribution in [0.25, 0.3) is 0 Å². The van der Waals surface area contributed by atoms with Crippen molar-refractivity contribution in [2.75, 3.05) is 18.5 Å². The van der Waals surface area contributed by atoms with Gasteiger partial charge in [-0.3, -0.25) is 0 Å². The number of aliphatic hydroxyl groups is 1. The first-order valence-electron chi connectivity index (χ1n) is 6.84. The van der Waals surface area contributed by atoms with E-state index in [9.17, 15) is 0 Å². The molecule has 19 heavy (non-hydrogen) atoms. The lowest BCUT2D eigenvalue weighted by Gasteiger charge is -2.07. The lowest BCUT2D eigenvalue weighted by Crippen LogP contribution is -2.02. The van der Waals surface area contributed by atoms with Crippen LogP contribution in [-0.2, 0) is 0 Å². The van der Waals surface area contributed by atoms with Crippen molar-refractivity contribution >= 4 is 5.69 Å². The molecular formula is C17H25NO. The Morgan fingerprint density at radius 1 is 1.21 bits per heavy atom. The van der Waals surface area contributed by atoms with Gasteiger partial charge in [0.05, 0.1) is 6.61 Å². The summed E-state index contributed by atoms with van der Waals surface area (Å²) < 4.78 is 0. The first-order valence-corrected chi connectivity index (χ1v) is 6.84. The molecule has 2 heteroatoms. The minimum atomic E-state index is 0.142. The molecule has 0 radical (unpaired) electrons. The van der Waals surface area contributed by atoms with E-state index in [1.807, 2.05) is 6.08 Å². The number of rotatable bonds is 7. The number of allylic oxidation sites excluding steroid dienone is 2. The Hall–Kier alpha value is -1.54. The van der Waals surface area contributed by atoms with E-state index in [0.29, 0.717) is 0 Å². The van der Waals surface area contributed by atoms with Gasteiger partial charge in [0, 0.05) is 12.2 Å². The molecule has 104 valence electrons. The van der Waals surface area contributed by atoms with Crippen molar-refractivity contribution in [1.82, 2.24) is 0 Å². The summed E-state index contributed by atoms with van der Waals surface area (Å²) in [7, 11) is 0. The zero-order valence-corrected chi connectivity index (χ0v) is 12.2. The maximum Gasteiger partial charge on any atom is 0.0614 e. The summed E-state index contributed by atoms with van der Waals surface area (Å²) >= 11 is 0. The van der Waals surface area contributed by atoms with Crippen LogP contribution < -0.4 is 5.32 Å². The summed E-state index contributed by atoms with van der Waals surface area (Å²) in [6, 6.07) is 8.42. The molecule has 0 aromatic heterocycles. The summed E-state index contributed by atoms with van der Waals surface area (Å²) in [5.74, 6) is 0. The van der Waals surface area contributed by atoms with Gasteiger partial charge in [0.25, 0.3) is 0 Å². The Kier molecular flexibility index (Phi) is 6.98. The van der Waals surface area contributed by atoms with Crippen molar-refractivity contribution in [2.24, 2.45) is 0 Å². The summed E-state index contributed by atoms with van der Waals surface area (Å²) in [5.41, 5.74) is 5.04. The van der Waals surface area contributed by atoms with Crippen LogP contribution in [0.3, 0.4) is 0 Å².